The molecule has 0 saturated carbocycles. The Hall–Kier alpha value is -1.28. The van der Waals surface area contributed by atoms with Crippen molar-refractivity contribution in [3.05, 3.63) is 74.7 Å². The van der Waals surface area contributed by atoms with Crippen molar-refractivity contribution >= 4 is 46.2 Å². The minimum Gasteiger partial charge on any atom is -0.289 e. The van der Waals surface area contributed by atoms with Gasteiger partial charge in [0.1, 0.15) is 0 Å². The van der Waals surface area contributed by atoms with E-state index in [1.54, 1.807) is 36.4 Å². The second kappa shape index (κ2) is 6.01. The van der Waals surface area contributed by atoms with Gasteiger partial charge in [-0.05, 0) is 42.8 Å². The molecular weight excluding hydrogens is 315 g/mol. The van der Waals surface area contributed by atoms with Crippen LogP contribution in [0.5, 0.6) is 0 Å². The predicted octanol–water partition coefficient (Wildman–Crippen LogP) is 5.85. The highest BCUT2D eigenvalue weighted by Crippen LogP contribution is 2.29. The summed E-state index contributed by atoms with van der Waals surface area (Å²) >= 11 is 17.9. The Bertz CT molecular complexity index is 705. The van der Waals surface area contributed by atoms with E-state index in [9.17, 15) is 4.79 Å². The average Bonchev–Trinajstić information content (AvgIpc) is 2.40. The third kappa shape index (κ3) is 3.06. The Balaban J connectivity index is 2.37. The summed E-state index contributed by atoms with van der Waals surface area (Å²) in [7, 11) is 0. The highest BCUT2D eigenvalue weighted by molar-refractivity contribution is 6.38. The van der Waals surface area contributed by atoms with Gasteiger partial charge in [-0.25, -0.2) is 0 Å². The third-order valence-electron chi connectivity index (χ3n) is 2.95. The van der Waals surface area contributed by atoms with Crippen molar-refractivity contribution in [2.75, 3.05) is 0 Å². The molecule has 0 spiro atoms. The lowest BCUT2D eigenvalue weighted by Gasteiger charge is -2.09. The Labute approximate surface area is 132 Å². The van der Waals surface area contributed by atoms with Gasteiger partial charge in [0, 0.05) is 31.8 Å². The summed E-state index contributed by atoms with van der Waals surface area (Å²) in [5.74, 6) is -0.186. The summed E-state index contributed by atoms with van der Waals surface area (Å²) in [6.45, 7) is 5.68. The van der Waals surface area contributed by atoms with E-state index in [1.807, 2.05) is 6.92 Å². The lowest BCUT2D eigenvalue weighted by atomic mass is 9.97. The van der Waals surface area contributed by atoms with Crippen molar-refractivity contribution < 1.29 is 4.79 Å². The zero-order chi connectivity index (χ0) is 14.9. The standard InChI is InChI=1S/C16H11Cl3O/c1-9-7-11(3-6-14(9)18)16(20)10(2)13-5-4-12(17)8-15(13)19/h3-8H,2H2,1H3. The fourth-order valence-corrected chi connectivity index (χ4v) is 2.46. The number of ketones is 1. The monoisotopic (exact) mass is 324 g/mol. The van der Waals surface area contributed by atoms with Gasteiger partial charge in [-0.1, -0.05) is 47.4 Å². The van der Waals surface area contributed by atoms with Gasteiger partial charge in [0.25, 0.3) is 0 Å². The van der Waals surface area contributed by atoms with E-state index in [0.29, 0.717) is 31.8 Å². The lowest BCUT2D eigenvalue weighted by molar-refractivity contribution is 0.105. The van der Waals surface area contributed by atoms with Gasteiger partial charge >= 0.3 is 0 Å². The third-order valence-corrected chi connectivity index (χ3v) is 3.92. The first-order chi connectivity index (χ1) is 9.40. The zero-order valence-electron chi connectivity index (χ0n) is 10.7. The summed E-state index contributed by atoms with van der Waals surface area (Å²) in [5, 5.41) is 1.54. The fraction of sp³-hybridized carbons (Fsp3) is 0.0625. The molecule has 0 aliphatic carbocycles. The van der Waals surface area contributed by atoms with Crippen LogP contribution in [0.2, 0.25) is 15.1 Å². The number of hydrogen-bond acceptors (Lipinski definition) is 1. The number of aryl methyl sites for hydroxylation is 1. The quantitative estimate of drug-likeness (QED) is 0.511. The molecule has 0 atom stereocenters. The van der Waals surface area contributed by atoms with Crippen LogP contribution in [-0.4, -0.2) is 5.78 Å². The van der Waals surface area contributed by atoms with E-state index in [-0.39, 0.29) is 5.78 Å². The van der Waals surface area contributed by atoms with E-state index in [2.05, 4.69) is 6.58 Å². The molecule has 0 aromatic heterocycles. The molecule has 0 unspecified atom stereocenters. The summed E-state index contributed by atoms with van der Waals surface area (Å²) in [6, 6.07) is 10.1. The molecule has 0 fully saturated rings. The molecule has 0 N–H and O–H groups in total. The van der Waals surface area contributed by atoms with Crippen LogP contribution < -0.4 is 0 Å². The predicted molar refractivity (Wildman–Crippen MR) is 86.0 cm³/mol. The second-order valence-corrected chi connectivity index (χ2v) is 5.65. The smallest absolute Gasteiger partial charge is 0.193 e. The van der Waals surface area contributed by atoms with Crippen LogP contribution in [0.4, 0.5) is 0 Å². The maximum atomic E-state index is 12.4. The number of halogens is 3. The van der Waals surface area contributed by atoms with Crippen LogP contribution in [0.1, 0.15) is 21.5 Å². The Morgan fingerprint density at radius 2 is 1.70 bits per heavy atom. The van der Waals surface area contributed by atoms with Crippen LogP contribution in [0.3, 0.4) is 0 Å². The summed E-state index contributed by atoms with van der Waals surface area (Å²) in [5.41, 5.74) is 2.28. The van der Waals surface area contributed by atoms with Gasteiger partial charge in [0.15, 0.2) is 5.78 Å². The van der Waals surface area contributed by atoms with Crippen molar-refractivity contribution in [3.63, 3.8) is 0 Å². The van der Waals surface area contributed by atoms with E-state index < -0.39 is 0 Å². The van der Waals surface area contributed by atoms with Crippen molar-refractivity contribution in [2.45, 2.75) is 6.92 Å². The van der Waals surface area contributed by atoms with Gasteiger partial charge in [0.05, 0.1) is 0 Å². The molecule has 0 amide bonds. The summed E-state index contributed by atoms with van der Waals surface area (Å²) in [6.07, 6.45) is 0. The first-order valence-corrected chi connectivity index (χ1v) is 6.98. The molecule has 0 bridgehead atoms. The molecule has 2 aromatic rings. The molecule has 20 heavy (non-hydrogen) atoms. The van der Waals surface area contributed by atoms with E-state index >= 15 is 0 Å². The highest BCUT2D eigenvalue weighted by Gasteiger charge is 2.15. The van der Waals surface area contributed by atoms with E-state index in [1.165, 1.54) is 0 Å². The van der Waals surface area contributed by atoms with Gasteiger partial charge < -0.3 is 0 Å². The normalized spacial score (nSPS) is 10.4. The number of benzene rings is 2. The Morgan fingerprint density at radius 3 is 2.30 bits per heavy atom. The number of allylic oxidation sites excluding steroid dienone is 1. The van der Waals surface area contributed by atoms with Crippen LogP contribution >= 0.6 is 34.8 Å². The van der Waals surface area contributed by atoms with Crippen molar-refractivity contribution in [3.8, 4) is 0 Å². The number of carbonyl (C=O) groups excluding carboxylic acids is 1. The Kier molecular flexibility index (Phi) is 4.54. The fourth-order valence-electron chi connectivity index (χ4n) is 1.82. The first kappa shape index (κ1) is 15.1. The molecule has 102 valence electrons. The molecule has 0 heterocycles. The number of carbonyl (C=O) groups is 1. The second-order valence-electron chi connectivity index (χ2n) is 4.40. The Morgan fingerprint density at radius 1 is 1.00 bits per heavy atom. The molecule has 0 aliphatic heterocycles. The maximum absolute atomic E-state index is 12.4. The molecule has 0 saturated heterocycles. The minimum absolute atomic E-state index is 0.186. The van der Waals surface area contributed by atoms with Crippen LogP contribution in [-0.2, 0) is 0 Å². The minimum atomic E-state index is -0.186. The van der Waals surface area contributed by atoms with Crippen molar-refractivity contribution in [1.82, 2.24) is 0 Å². The SMILES string of the molecule is C=C(C(=O)c1ccc(Cl)c(C)c1)c1ccc(Cl)cc1Cl. The average molecular weight is 326 g/mol. The molecule has 0 radical (unpaired) electrons. The van der Waals surface area contributed by atoms with E-state index in [4.69, 9.17) is 34.8 Å². The van der Waals surface area contributed by atoms with Crippen LogP contribution in [0, 0.1) is 6.92 Å². The van der Waals surface area contributed by atoms with Gasteiger partial charge in [-0.3, -0.25) is 4.79 Å². The largest absolute Gasteiger partial charge is 0.289 e. The van der Waals surface area contributed by atoms with E-state index in [0.717, 1.165) is 5.56 Å². The lowest BCUT2D eigenvalue weighted by Crippen LogP contribution is -2.02. The topological polar surface area (TPSA) is 17.1 Å². The highest BCUT2D eigenvalue weighted by atomic mass is 35.5. The molecule has 2 aromatic carbocycles. The first-order valence-electron chi connectivity index (χ1n) is 5.85. The van der Waals surface area contributed by atoms with Crippen molar-refractivity contribution in [2.24, 2.45) is 0 Å². The number of rotatable bonds is 3. The summed E-state index contributed by atoms with van der Waals surface area (Å²) < 4.78 is 0. The molecule has 2 rings (SSSR count). The molecular formula is C16H11Cl3O. The van der Waals surface area contributed by atoms with Crippen molar-refractivity contribution in [1.29, 1.82) is 0 Å². The number of Topliss-reactive ketones (excluding diaryl/α,β-unsaturated/α-hetero) is 1. The molecule has 4 heteroatoms. The van der Waals surface area contributed by atoms with Crippen LogP contribution in [0.15, 0.2) is 43.0 Å². The molecule has 0 aliphatic rings. The van der Waals surface area contributed by atoms with Crippen LogP contribution in [0.25, 0.3) is 5.57 Å². The summed E-state index contributed by atoms with van der Waals surface area (Å²) in [4.78, 5) is 12.4. The number of hydrogen-bond donors (Lipinski definition) is 0. The molecule has 1 nitrogen and oxygen atoms in total. The van der Waals surface area contributed by atoms with Gasteiger partial charge in [0.2, 0.25) is 0 Å². The van der Waals surface area contributed by atoms with Gasteiger partial charge in [-0.2, -0.15) is 0 Å². The van der Waals surface area contributed by atoms with Gasteiger partial charge in [-0.15, -0.1) is 0 Å². The zero-order valence-corrected chi connectivity index (χ0v) is 13.0. The maximum Gasteiger partial charge on any atom is 0.193 e.